The molecule has 1 saturated heterocycles. The van der Waals surface area contributed by atoms with Gasteiger partial charge in [-0.15, -0.1) is 5.10 Å². The third kappa shape index (κ3) is 3.90. The van der Waals surface area contributed by atoms with Gasteiger partial charge in [0.2, 0.25) is 5.89 Å². The first-order valence-corrected chi connectivity index (χ1v) is 8.19. The summed E-state index contributed by atoms with van der Waals surface area (Å²) in [6.45, 7) is 3.35. The molecule has 1 aliphatic heterocycles. The molecule has 2 heterocycles. The quantitative estimate of drug-likeness (QED) is 0.717. The third-order valence-electron chi connectivity index (χ3n) is 4.53. The van der Waals surface area contributed by atoms with E-state index in [1.165, 1.54) is 0 Å². The average molecular weight is 374 g/mol. The number of aromatic nitrogens is 2. The second-order valence-corrected chi connectivity index (χ2v) is 6.32. The van der Waals surface area contributed by atoms with Crippen LogP contribution in [0.25, 0.3) is 11.5 Å². The van der Waals surface area contributed by atoms with E-state index in [-0.39, 0.29) is 23.4 Å². The molecule has 1 aromatic carbocycles. The van der Waals surface area contributed by atoms with E-state index >= 15 is 0 Å². The summed E-state index contributed by atoms with van der Waals surface area (Å²) in [6.07, 6.45) is -3.25. The summed E-state index contributed by atoms with van der Waals surface area (Å²) in [5.41, 5.74) is -1.84. The molecule has 2 aromatic rings. The number of hydrogen-bond acceptors (Lipinski definition) is 5. The van der Waals surface area contributed by atoms with Crippen molar-refractivity contribution in [3.63, 3.8) is 0 Å². The summed E-state index contributed by atoms with van der Waals surface area (Å²) < 4.78 is 59.0. The second kappa shape index (κ2) is 7.10. The van der Waals surface area contributed by atoms with E-state index in [1.807, 2.05) is 5.10 Å². The topological polar surface area (TPSA) is 83.0 Å². The maximum atomic E-state index is 14.3. The maximum absolute atomic E-state index is 14.3. The number of piperidine rings is 1. The Bertz CT molecular complexity index is 824. The number of alkyl halides is 3. The van der Waals surface area contributed by atoms with Gasteiger partial charge in [0.1, 0.15) is 11.4 Å². The fourth-order valence-corrected chi connectivity index (χ4v) is 3.19. The van der Waals surface area contributed by atoms with Crippen LogP contribution >= 0.6 is 0 Å². The summed E-state index contributed by atoms with van der Waals surface area (Å²) in [6, 6.07) is 1.46. The molecular formula is C16H18F4N4O2. The van der Waals surface area contributed by atoms with Crippen LogP contribution in [-0.2, 0) is 6.18 Å². The van der Waals surface area contributed by atoms with Crippen molar-refractivity contribution in [2.24, 2.45) is 5.92 Å². The number of aromatic amines is 1. The Hall–Kier alpha value is -2.36. The van der Waals surface area contributed by atoms with Gasteiger partial charge in [-0.25, -0.2) is 14.3 Å². The monoisotopic (exact) mass is 374 g/mol. The van der Waals surface area contributed by atoms with Gasteiger partial charge in [0.05, 0.1) is 5.69 Å². The van der Waals surface area contributed by atoms with Crippen LogP contribution in [0.1, 0.15) is 25.3 Å². The zero-order valence-electron chi connectivity index (χ0n) is 13.9. The third-order valence-corrected chi connectivity index (χ3v) is 4.53. The van der Waals surface area contributed by atoms with Gasteiger partial charge in [-0.1, -0.05) is 0 Å². The van der Waals surface area contributed by atoms with Gasteiger partial charge in [-0.2, -0.15) is 13.2 Å². The molecule has 0 bridgehead atoms. The zero-order chi connectivity index (χ0) is 18.9. The molecule has 142 valence electrons. The van der Waals surface area contributed by atoms with E-state index in [2.05, 4.69) is 15.7 Å². The molecule has 10 heteroatoms. The lowest BCUT2D eigenvalue weighted by molar-refractivity contribution is -0.139. The Morgan fingerprint density at radius 3 is 2.58 bits per heavy atom. The van der Waals surface area contributed by atoms with Gasteiger partial charge in [0.25, 0.3) is 0 Å². The molecular weight excluding hydrogens is 356 g/mol. The first-order chi connectivity index (χ1) is 12.3. The Kier molecular flexibility index (Phi) is 5.03. The number of nitrogens with one attached hydrogen (secondary N) is 3. The number of H-pyrrole nitrogens is 1. The molecule has 3 N–H and O–H groups in total. The molecule has 1 aromatic heterocycles. The highest BCUT2D eigenvalue weighted by molar-refractivity contribution is 5.66. The Labute approximate surface area is 146 Å². The van der Waals surface area contributed by atoms with Gasteiger partial charge < -0.3 is 15.1 Å². The number of benzene rings is 1. The lowest BCUT2D eigenvalue weighted by Crippen LogP contribution is -2.36. The summed E-state index contributed by atoms with van der Waals surface area (Å²) in [7, 11) is 0. The fourth-order valence-electron chi connectivity index (χ4n) is 3.19. The molecule has 0 amide bonds. The molecule has 0 radical (unpaired) electrons. The number of hydrogen-bond donors (Lipinski definition) is 3. The predicted octanol–water partition coefficient (Wildman–Crippen LogP) is 2.99. The van der Waals surface area contributed by atoms with Crippen molar-refractivity contribution in [3.05, 3.63) is 34.1 Å². The molecule has 3 rings (SSSR count). The highest BCUT2D eigenvalue weighted by Gasteiger charge is 2.38. The first-order valence-electron chi connectivity index (χ1n) is 8.19. The smallest absolute Gasteiger partial charge is 0.388 e. The van der Waals surface area contributed by atoms with Crippen LogP contribution in [0.15, 0.2) is 21.3 Å². The molecule has 1 atom stereocenters. The molecule has 1 aliphatic rings. The van der Waals surface area contributed by atoms with E-state index in [0.29, 0.717) is 6.07 Å². The summed E-state index contributed by atoms with van der Waals surface area (Å²) in [4.78, 5) is 11.1. The van der Waals surface area contributed by atoms with Gasteiger partial charge in [-0.3, -0.25) is 0 Å². The second-order valence-electron chi connectivity index (χ2n) is 6.32. The number of nitrogens with zero attached hydrogens (tertiary/aromatic N) is 1. The highest BCUT2D eigenvalue weighted by Crippen LogP contribution is 2.39. The Morgan fingerprint density at radius 1 is 1.31 bits per heavy atom. The van der Waals surface area contributed by atoms with Gasteiger partial charge in [-0.05, 0) is 50.9 Å². The normalized spacial score (nSPS) is 17.3. The lowest BCUT2D eigenvalue weighted by atomic mass is 9.91. The largest absolute Gasteiger partial charge is 0.434 e. The van der Waals surface area contributed by atoms with Crippen LogP contribution in [0, 0.1) is 11.7 Å². The van der Waals surface area contributed by atoms with Crippen molar-refractivity contribution in [2.45, 2.75) is 32.0 Å². The Morgan fingerprint density at radius 2 is 2.00 bits per heavy atom. The van der Waals surface area contributed by atoms with Crippen LogP contribution in [-0.4, -0.2) is 29.3 Å². The van der Waals surface area contributed by atoms with E-state index in [4.69, 9.17) is 4.42 Å². The minimum atomic E-state index is -4.87. The minimum Gasteiger partial charge on any atom is -0.388 e. The first kappa shape index (κ1) is 18.4. The van der Waals surface area contributed by atoms with Crippen LogP contribution in [0.4, 0.5) is 23.2 Å². The van der Waals surface area contributed by atoms with Crippen molar-refractivity contribution in [2.75, 3.05) is 18.4 Å². The van der Waals surface area contributed by atoms with Crippen molar-refractivity contribution in [1.82, 2.24) is 15.5 Å². The molecule has 6 nitrogen and oxygen atoms in total. The van der Waals surface area contributed by atoms with Crippen LogP contribution in [0.3, 0.4) is 0 Å². The number of anilines is 1. The zero-order valence-corrected chi connectivity index (χ0v) is 13.9. The van der Waals surface area contributed by atoms with E-state index in [9.17, 15) is 22.4 Å². The van der Waals surface area contributed by atoms with Crippen molar-refractivity contribution in [1.29, 1.82) is 0 Å². The highest BCUT2D eigenvalue weighted by atomic mass is 19.4. The fraction of sp³-hybridized carbons (Fsp3) is 0.500. The lowest BCUT2D eigenvalue weighted by Gasteiger charge is -2.30. The molecule has 26 heavy (non-hydrogen) atoms. The van der Waals surface area contributed by atoms with Crippen molar-refractivity contribution in [3.8, 4) is 11.5 Å². The minimum absolute atomic E-state index is 0.0612. The van der Waals surface area contributed by atoms with Crippen LogP contribution in [0.5, 0.6) is 0 Å². The van der Waals surface area contributed by atoms with Crippen molar-refractivity contribution < 1.29 is 22.0 Å². The standard InChI is InChI=1S/C16H18F4N4O2/c1-8(9-2-4-21-5-3-9)22-12-7-10(14-23-24-15(25)26-14)6-11(17)13(12)16(18,19)20/h6-9,21-22H,2-5H2,1H3,(H,24,25)/t8-/m0/s1. The molecule has 0 saturated carbocycles. The Balaban J connectivity index is 1.99. The van der Waals surface area contributed by atoms with E-state index in [1.54, 1.807) is 6.92 Å². The molecule has 0 spiro atoms. The van der Waals surface area contributed by atoms with Crippen LogP contribution in [0.2, 0.25) is 0 Å². The van der Waals surface area contributed by atoms with Gasteiger partial charge in [0.15, 0.2) is 0 Å². The van der Waals surface area contributed by atoms with Gasteiger partial charge >= 0.3 is 11.9 Å². The molecule has 0 unspecified atom stereocenters. The molecule has 0 aliphatic carbocycles. The van der Waals surface area contributed by atoms with E-state index < -0.39 is 29.0 Å². The van der Waals surface area contributed by atoms with Crippen LogP contribution < -0.4 is 16.4 Å². The van der Waals surface area contributed by atoms with Crippen molar-refractivity contribution >= 4 is 5.69 Å². The summed E-state index contributed by atoms with van der Waals surface area (Å²) >= 11 is 0. The number of rotatable bonds is 4. The SMILES string of the molecule is C[C@H](Nc1cc(-c2n[nH]c(=O)o2)cc(F)c1C(F)(F)F)C1CCNCC1. The predicted molar refractivity (Wildman–Crippen MR) is 86.2 cm³/mol. The molecule has 1 fully saturated rings. The summed E-state index contributed by atoms with van der Waals surface area (Å²) in [5, 5.41) is 11.5. The number of halogens is 4. The summed E-state index contributed by atoms with van der Waals surface area (Å²) in [5.74, 6) is -2.45. The maximum Gasteiger partial charge on any atom is 0.434 e. The van der Waals surface area contributed by atoms with E-state index in [0.717, 1.165) is 32.0 Å². The van der Waals surface area contributed by atoms with Gasteiger partial charge in [0, 0.05) is 11.6 Å². The average Bonchev–Trinajstić information content (AvgIpc) is 3.00.